The number of nitrogens with one attached hydrogen (secondary N) is 1. The first-order valence-electron chi connectivity index (χ1n) is 6.85. The van der Waals surface area contributed by atoms with E-state index in [0.29, 0.717) is 12.4 Å². The number of nitrogens with zero attached hydrogens (tertiary/aromatic N) is 2. The third-order valence-corrected chi connectivity index (χ3v) is 3.77. The predicted octanol–water partition coefficient (Wildman–Crippen LogP) is 2.70. The second-order valence-electron chi connectivity index (χ2n) is 6.83. The molecule has 1 aromatic heterocycles. The number of anilines is 1. The fourth-order valence-corrected chi connectivity index (χ4v) is 2.59. The number of pyridine rings is 1. The van der Waals surface area contributed by atoms with Crippen LogP contribution < -0.4 is 10.2 Å². The summed E-state index contributed by atoms with van der Waals surface area (Å²) in [6, 6.07) is 1.91. The Morgan fingerprint density at radius 1 is 1.38 bits per heavy atom. The van der Waals surface area contributed by atoms with Crippen LogP contribution in [0.3, 0.4) is 0 Å². The Bertz CT molecular complexity index is 635. The molecule has 1 saturated heterocycles. The highest BCUT2D eigenvalue weighted by Crippen LogP contribution is 2.32. The smallest absolute Gasteiger partial charge is 0.323 e. The molecule has 21 heavy (non-hydrogen) atoms. The van der Waals surface area contributed by atoms with Crippen LogP contribution in [0.5, 0.6) is 0 Å². The fraction of sp³-hybridized carbons (Fsp3) is 0.500. The van der Waals surface area contributed by atoms with Gasteiger partial charge in [-0.1, -0.05) is 5.92 Å². The molecule has 0 atom stereocenters. The number of urea groups is 1. The zero-order chi connectivity index (χ0) is 15.8. The number of hydrogen-bond acceptors (Lipinski definition) is 2. The van der Waals surface area contributed by atoms with Crippen LogP contribution in [0.4, 0.5) is 10.6 Å². The summed E-state index contributed by atoms with van der Waals surface area (Å²) in [6.07, 6.45) is 8.22. The third-order valence-electron chi connectivity index (χ3n) is 3.05. The van der Waals surface area contributed by atoms with Crippen LogP contribution in [-0.4, -0.2) is 41.9 Å². The maximum atomic E-state index is 12.0. The predicted molar refractivity (Wildman–Crippen MR) is 91.2 cm³/mol. The van der Waals surface area contributed by atoms with E-state index < -0.39 is 10.0 Å². The fourth-order valence-electron chi connectivity index (χ4n) is 2.17. The highest BCUT2D eigenvalue weighted by molar-refractivity contribution is 8.35. The second kappa shape index (κ2) is 5.27. The van der Waals surface area contributed by atoms with E-state index in [-0.39, 0.29) is 11.6 Å². The lowest BCUT2D eigenvalue weighted by Gasteiger charge is -2.18. The molecular formula is C16H23N3OS. The normalized spacial score (nSPS) is 18.0. The van der Waals surface area contributed by atoms with Gasteiger partial charge in [0.05, 0.1) is 12.1 Å². The summed E-state index contributed by atoms with van der Waals surface area (Å²) >= 11 is 0. The summed E-state index contributed by atoms with van der Waals surface area (Å²) in [7, 11) is -0.849. The third kappa shape index (κ3) is 3.92. The van der Waals surface area contributed by atoms with Crippen molar-refractivity contribution >= 4 is 21.9 Å². The summed E-state index contributed by atoms with van der Waals surface area (Å²) in [6.45, 7) is 6.60. The van der Waals surface area contributed by atoms with Gasteiger partial charge in [0.1, 0.15) is 5.82 Å². The highest BCUT2D eigenvalue weighted by Gasteiger charge is 2.36. The Hall–Kier alpha value is -1.67. The van der Waals surface area contributed by atoms with Crippen LogP contribution in [-0.2, 0) is 0 Å². The molecule has 114 valence electrons. The molecule has 1 aliphatic heterocycles. The number of aryl methyl sites for hydroxylation is 1. The minimum absolute atomic E-state index is 0.0893. The van der Waals surface area contributed by atoms with Gasteiger partial charge in [-0.15, -0.1) is 0 Å². The van der Waals surface area contributed by atoms with E-state index in [0.717, 1.165) is 11.1 Å². The quantitative estimate of drug-likeness (QED) is 0.811. The van der Waals surface area contributed by atoms with E-state index in [2.05, 4.69) is 40.2 Å². The summed E-state index contributed by atoms with van der Waals surface area (Å²) in [5.74, 6) is 3.89. The molecule has 2 amide bonds. The van der Waals surface area contributed by atoms with Crippen LogP contribution in [0.1, 0.15) is 25.0 Å². The van der Waals surface area contributed by atoms with Gasteiger partial charge in [0.25, 0.3) is 0 Å². The first kappa shape index (κ1) is 15.7. The first-order valence-corrected chi connectivity index (χ1v) is 9.71. The molecular weight excluding hydrogens is 282 g/mol. The van der Waals surface area contributed by atoms with Gasteiger partial charge in [-0.2, -0.15) is 10.0 Å². The van der Waals surface area contributed by atoms with E-state index in [1.165, 1.54) is 0 Å². The van der Waals surface area contributed by atoms with Gasteiger partial charge in [-0.05, 0) is 56.4 Å². The van der Waals surface area contributed by atoms with Crippen molar-refractivity contribution in [2.24, 2.45) is 0 Å². The minimum atomic E-state index is -0.849. The summed E-state index contributed by atoms with van der Waals surface area (Å²) in [5, 5.41) is 6.23. The van der Waals surface area contributed by atoms with E-state index in [1.54, 1.807) is 11.1 Å². The van der Waals surface area contributed by atoms with Crippen molar-refractivity contribution < 1.29 is 4.79 Å². The molecule has 4 nitrogen and oxygen atoms in total. The van der Waals surface area contributed by atoms with Gasteiger partial charge in [0.15, 0.2) is 0 Å². The first-order chi connectivity index (χ1) is 9.57. The summed E-state index contributed by atoms with van der Waals surface area (Å²) in [5.41, 5.74) is 1.65. The number of amides is 2. The molecule has 0 radical (unpaired) electrons. The number of rotatable bonds is 1. The molecule has 0 aromatic carbocycles. The van der Waals surface area contributed by atoms with Crippen LogP contribution >= 0.6 is 10.0 Å². The topological polar surface area (TPSA) is 45.2 Å². The van der Waals surface area contributed by atoms with Gasteiger partial charge >= 0.3 is 6.03 Å². The number of carbonyl (C=O) groups is 1. The molecule has 0 spiro atoms. The lowest BCUT2D eigenvalue weighted by atomic mass is 10.1. The maximum absolute atomic E-state index is 12.0. The zero-order valence-electron chi connectivity index (χ0n) is 13.6. The molecule has 1 aromatic rings. The van der Waals surface area contributed by atoms with Crippen LogP contribution in [0.15, 0.2) is 12.3 Å². The molecule has 0 bridgehead atoms. The largest absolute Gasteiger partial charge is 0.331 e. The Kier molecular flexibility index (Phi) is 3.94. The van der Waals surface area contributed by atoms with Gasteiger partial charge in [-0.3, -0.25) is 4.90 Å². The molecule has 1 fully saturated rings. The van der Waals surface area contributed by atoms with Crippen LogP contribution in [0.2, 0.25) is 0 Å². The standard InChI is InChI=1S/C16H23N3OS/c1-12-9-13(7-8-21(4,5)6)10-17-14(12)19-11-16(2,3)18-15(19)20/h9-10H,11H2,1-6H3,(H,18,20). The van der Waals surface area contributed by atoms with Gasteiger partial charge in [-0.25, -0.2) is 9.78 Å². The zero-order valence-corrected chi connectivity index (χ0v) is 14.4. The Morgan fingerprint density at radius 3 is 2.52 bits per heavy atom. The summed E-state index contributed by atoms with van der Waals surface area (Å²) < 4.78 is 0. The molecule has 5 heteroatoms. The molecule has 0 aliphatic carbocycles. The Balaban J connectivity index is 2.28. The average molecular weight is 305 g/mol. The molecule has 0 saturated carbocycles. The minimum Gasteiger partial charge on any atom is -0.331 e. The molecule has 1 N–H and O–H groups in total. The van der Waals surface area contributed by atoms with Crippen LogP contribution in [0, 0.1) is 18.1 Å². The van der Waals surface area contributed by atoms with Gasteiger partial charge < -0.3 is 5.32 Å². The summed E-state index contributed by atoms with van der Waals surface area (Å²) in [4.78, 5) is 18.2. The SMILES string of the molecule is Cc1cc(C#CS(C)(C)C)cnc1N1CC(C)(C)NC1=O. The average Bonchev–Trinajstić information content (AvgIpc) is 2.59. The second-order valence-corrected chi connectivity index (χ2v) is 10.7. The van der Waals surface area contributed by atoms with Crippen molar-refractivity contribution in [1.82, 2.24) is 10.3 Å². The van der Waals surface area contributed by atoms with Gasteiger partial charge in [0, 0.05) is 11.8 Å². The van der Waals surface area contributed by atoms with Crippen molar-refractivity contribution in [2.45, 2.75) is 26.3 Å². The van der Waals surface area contributed by atoms with Crippen molar-refractivity contribution in [3.05, 3.63) is 23.4 Å². The Morgan fingerprint density at radius 2 is 2.05 bits per heavy atom. The maximum Gasteiger partial charge on any atom is 0.323 e. The Labute approximate surface area is 128 Å². The molecule has 2 heterocycles. The molecule has 1 aliphatic rings. The van der Waals surface area contributed by atoms with Crippen molar-refractivity contribution in [1.29, 1.82) is 0 Å². The number of aromatic nitrogens is 1. The van der Waals surface area contributed by atoms with E-state index in [4.69, 9.17) is 0 Å². The molecule has 2 rings (SSSR count). The lowest BCUT2D eigenvalue weighted by molar-refractivity contribution is 0.248. The number of carbonyl (C=O) groups excluding carboxylic acids is 1. The van der Waals surface area contributed by atoms with Crippen LogP contribution in [0.25, 0.3) is 0 Å². The van der Waals surface area contributed by atoms with Gasteiger partial charge in [0.2, 0.25) is 0 Å². The number of hydrogen-bond donors (Lipinski definition) is 1. The van der Waals surface area contributed by atoms with Crippen molar-refractivity contribution in [3.63, 3.8) is 0 Å². The van der Waals surface area contributed by atoms with E-state index in [9.17, 15) is 4.79 Å². The van der Waals surface area contributed by atoms with Crippen molar-refractivity contribution in [2.75, 3.05) is 30.2 Å². The van der Waals surface area contributed by atoms with E-state index >= 15 is 0 Å². The van der Waals surface area contributed by atoms with Crippen molar-refractivity contribution in [3.8, 4) is 11.2 Å². The molecule has 0 unspecified atom stereocenters. The monoisotopic (exact) mass is 305 g/mol. The lowest BCUT2D eigenvalue weighted by Crippen LogP contribution is -2.36. The van der Waals surface area contributed by atoms with E-state index in [1.807, 2.05) is 26.8 Å². The highest BCUT2D eigenvalue weighted by atomic mass is 32.3.